The molecule has 2 heterocycles. The maximum Gasteiger partial charge on any atom is 0.191 e. The van der Waals surface area contributed by atoms with E-state index in [1.165, 1.54) is 16.8 Å². The highest BCUT2D eigenvalue weighted by Gasteiger charge is 2.23. The Hall–Kier alpha value is -3.28. The van der Waals surface area contributed by atoms with E-state index in [1.54, 1.807) is 0 Å². The van der Waals surface area contributed by atoms with Gasteiger partial charge in [0.2, 0.25) is 0 Å². The normalized spacial score (nSPS) is 16.8. The molecule has 6 heteroatoms. The van der Waals surface area contributed by atoms with Crippen molar-refractivity contribution in [3.05, 3.63) is 84.2 Å². The molecule has 0 saturated carbocycles. The summed E-state index contributed by atoms with van der Waals surface area (Å²) in [6.45, 7) is 3.55. The van der Waals surface area contributed by atoms with E-state index >= 15 is 0 Å². The average Bonchev–Trinajstić information content (AvgIpc) is 3.45. The second-order valence-corrected chi connectivity index (χ2v) is 7.31. The van der Waals surface area contributed by atoms with Gasteiger partial charge in [-0.25, -0.2) is 0 Å². The fraction of sp³-hybridized carbons (Fsp3) is 0.304. The quantitative estimate of drug-likeness (QED) is 0.504. The van der Waals surface area contributed by atoms with Crippen LogP contribution in [0.2, 0.25) is 0 Å². The molecule has 1 aliphatic rings. The van der Waals surface area contributed by atoms with Crippen LogP contribution >= 0.6 is 0 Å². The van der Waals surface area contributed by atoms with E-state index in [9.17, 15) is 0 Å². The van der Waals surface area contributed by atoms with Crippen LogP contribution in [0.4, 0.5) is 5.69 Å². The molecule has 6 nitrogen and oxygen atoms in total. The molecule has 3 aromatic rings. The first kappa shape index (κ1) is 19.1. The number of nitrogens with one attached hydrogen (secondary N) is 2. The number of aliphatic imine (C=N–C) groups is 1. The highest BCUT2D eigenvalue weighted by molar-refractivity contribution is 5.80. The van der Waals surface area contributed by atoms with E-state index in [0.717, 1.165) is 38.6 Å². The lowest BCUT2D eigenvalue weighted by atomic mass is 10.1. The SMILES string of the molecule is CN=C(NCc1ccccc1Cn1cccn1)NC1CCN(c2ccccc2)C1. The molecule has 1 saturated heterocycles. The van der Waals surface area contributed by atoms with Crippen molar-refractivity contribution in [2.45, 2.75) is 25.6 Å². The summed E-state index contributed by atoms with van der Waals surface area (Å²) in [6, 6.07) is 21.4. The van der Waals surface area contributed by atoms with E-state index in [2.05, 4.69) is 80.2 Å². The van der Waals surface area contributed by atoms with E-state index in [-0.39, 0.29) is 0 Å². The van der Waals surface area contributed by atoms with Gasteiger partial charge < -0.3 is 15.5 Å². The smallest absolute Gasteiger partial charge is 0.191 e. The van der Waals surface area contributed by atoms with Crippen LogP contribution in [0.15, 0.2) is 78.0 Å². The summed E-state index contributed by atoms with van der Waals surface area (Å²) in [6.07, 6.45) is 4.90. The molecule has 150 valence electrons. The molecule has 1 unspecified atom stereocenters. The molecule has 0 spiro atoms. The third-order valence-electron chi connectivity index (χ3n) is 5.33. The van der Waals surface area contributed by atoms with Crippen molar-refractivity contribution in [1.82, 2.24) is 20.4 Å². The standard InChI is InChI=1S/C23H28N6/c1-24-23(27-21-12-15-28(18-21)22-10-3-2-4-11-22)25-16-19-8-5-6-9-20(19)17-29-14-7-13-26-29/h2-11,13-14,21H,12,15-18H2,1H3,(H2,24,25,27). The minimum Gasteiger partial charge on any atom is -0.369 e. The van der Waals surface area contributed by atoms with Crippen LogP contribution in [0.5, 0.6) is 0 Å². The Bertz CT molecular complexity index is 920. The molecule has 29 heavy (non-hydrogen) atoms. The third-order valence-corrected chi connectivity index (χ3v) is 5.33. The van der Waals surface area contributed by atoms with Gasteiger partial charge in [-0.3, -0.25) is 9.67 Å². The van der Waals surface area contributed by atoms with Gasteiger partial charge in [0.15, 0.2) is 5.96 Å². The van der Waals surface area contributed by atoms with Gasteiger partial charge in [-0.1, -0.05) is 42.5 Å². The van der Waals surface area contributed by atoms with Gasteiger partial charge in [-0.2, -0.15) is 5.10 Å². The summed E-state index contributed by atoms with van der Waals surface area (Å²) < 4.78 is 1.95. The Labute approximate surface area is 172 Å². The second-order valence-electron chi connectivity index (χ2n) is 7.31. The van der Waals surface area contributed by atoms with Crippen molar-refractivity contribution in [3.63, 3.8) is 0 Å². The number of hydrogen-bond acceptors (Lipinski definition) is 3. The summed E-state index contributed by atoms with van der Waals surface area (Å²) in [5.74, 6) is 0.846. The van der Waals surface area contributed by atoms with Gasteiger partial charge in [-0.15, -0.1) is 0 Å². The number of hydrogen-bond donors (Lipinski definition) is 2. The van der Waals surface area contributed by atoms with Crippen LogP contribution in [0, 0.1) is 0 Å². The second kappa shape index (κ2) is 9.28. The predicted octanol–water partition coefficient (Wildman–Crippen LogP) is 2.88. The maximum absolute atomic E-state index is 4.43. The molecule has 4 rings (SSSR count). The van der Waals surface area contributed by atoms with Crippen LogP contribution in [0.3, 0.4) is 0 Å². The first-order valence-electron chi connectivity index (χ1n) is 10.1. The van der Waals surface area contributed by atoms with Gasteiger partial charge in [-0.05, 0) is 35.7 Å². The van der Waals surface area contributed by atoms with Gasteiger partial charge in [0.05, 0.1) is 6.54 Å². The Kier molecular flexibility index (Phi) is 6.10. The van der Waals surface area contributed by atoms with E-state index in [4.69, 9.17) is 0 Å². The molecule has 1 fully saturated rings. The first-order valence-corrected chi connectivity index (χ1v) is 10.1. The third kappa shape index (κ3) is 4.96. The van der Waals surface area contributed by atoms with Crippen molar-refractivity contribution < 1.29 is 0 Å². The summed E-state index contributed by atoms with van der Waals surface area (Å²) in [5.41, 5.74) is 3.80. The number of guanidine groups is 1. The molecular formula is C23H28N6. The minimum absolute atomic E-state index is 0.390. The fourth-order valence-electron chi connectivity index (χ4n) is 3.77. The fourth-order valence-corrected chi connectivity index (χ4v) is 3.77. The number of para-hydroxylation sites is 1. The van der Waals surface area contributed by atoms with Gasteiger partial charge >= 0.3 is 0 Å². The van der Waals surface area contributed by atoms with Gasteiger partial charge in [0.1, 0.15) is 0 Å². The number of rotatable bonds is 6. The highest BCUT2D eigenvalue weighted by Crippen LogP contribution is 2.19. The van der Waals surface area contributed by atoms with Crippen LogP contribution in [0.25, 0.3) is 0 Å². The molecule has 1 atom stereocenters. The van der Waals surface area contributed by atoms with E-state index in [0.29, 0.717) is 6.04 Å². The largest absolute Gasteiger partial charge is 0.369 e. The highest BCUT2D eigenvalue weighted by atomic mass is 15.3. The lowest BCUT2D eigenvalue weighted by Gasteiger charge is -2.20. The van der Waals surface area contributed by atoms with Crippen molar-refractivity contribution in [3.8, 4) is 0 Å². The molecule has 0 bridgehead atoms. The Morgan fingerprint density at radius 3 is 2.62 bits per heavy atom. The monoisotopic (exact) mass is 388 g/mol. The summed E-state index contributed by atoms with van der Waals surface area (Å²) in [7, 11) is 1.83. The zero-order valence-electron chi connectivity index (χ0n) is 16.8. The molecule has 1 aromatic heterocycles. The van der Waals surface area contributed by atoms with Gasteiger partial charge in [0.25, 0.3) is 0 Å². The molecule has 0 radical (unpaired) electrons. The molecule has 0 amide bonds. The lowest BCUT2D eigenvalue weighted by molar-refractivity contribution is 0.645. The number of benzene rings is 2. The Morgan fingerprint density at radius 2 is 1.86 bits per heavy atom. The lowest BCUT2D eigenvalue weighted by Crippen LogP contribution is -2.44. The predicted molar refractivity (Wildman–Crippen MR) is 118 cm³/mol. The van der Waals surface area contributed by atoms with Crippen molar-refractivity contribution >= 4 is 11.6 Å². The Balaban J connectivity index is 1.33. The maximum atomic E-state index is 4.43. The van der Waals surface area contributed by atoms with Crippen LogP contribution in [-0.4, -0.2) is 41.9 Å². The minimum atomic E-state index is 0.390. The zero-order valence-corrected chi connectivity index (χ0v) is 16.8. The molecule has 2 N–H and O–H groups in total. The summed E-state index contributed by atoms with van der Waals surface area (Å²) in [4.78, 5) is 6.85. The first-order chi connectivity index (χ1) is 14.3. The summed E-state index contributed by atoms with van der Waals surface area (Å²) in [5, 5.41) is 11.4. The molecule has 1 aliphatic heterocycles. The molecular weight excluding hydrogens is 360 g/mol. The van der Waals surface area contributed by atoms with Crippen LogP contribution < -0.4 is 15.5 Å². The summed E-state index contributed by atoms with van der Waals surface area (Å²) >= 11 is 0. The van der Waals surface area contributed by atoms with E-state index in [1.807, 2.05) is 30.2 Å². The van der Waals surface area contributed by atoms with Crippen LogP contribution in [-0.2, 0) is 13.1 Å². The van der Waals surface area contributed by atoms with Crippen molar-refractivity contribution in [2.24, 2.45) is 4.99 Å². The average molecular weight is 389 g/mol. The van der Waals surface area contributed by atoms with E-state index < -0.39 is 0 Å². The van der Waals surface area contributed by atoms with Crippen molar-refractivity contribution in [1.29, 1.82) is 0 Å². The Morgan fingerprint density at radius 1 is 1.07 bits per heavy atom. The number of anilines is 1. The van der Waals surface area contributed by atoms with Crippen molar-refractivity contribution in [2.75, 3.05) is 25.0 Å². The molecule has 0 aliphatic carbocycles. The molecule has 2 aromatic carbocycles. The zero-order chi connectivity index (χ0) is 19.9. The van der Waals surface area contributed by atoms with Crippen LogP contribution in [0.1, 0.15) is 17.5 Å². The topological polar surface area (TPSA) is 57.5 Å². The number of aromatic nitrogens is 2. The number of nitrogens with zero attached hydrogens (tertiary/aromatic N) is 4. The van der Waals surface area contributed by atoms with Gasteiger partial charge in [0, 0.05) is 50.8 Å².